The first-order chi connectivity index (χ1) is 6.59. The van der Waals surface area contributed by atoms with Crippen molar-refractivity contribution in [3.8, 4) is 0 Å². The molecular formula is C9H22N2O3. The molecule has 0 aliphatic carbocycles. The number of rotatable bonds is 6. The van der Waals surface area contributed by atoms with Crippen LogP contribution in [0.3, 0.4) is 0 Å². The van der Waals surface area contributed by atoms with Crippen molar-refractivity contribution >= 4 is 5.97 Å². The van der Waals surface area contributed by atoms with E-state index in [0.717, 1.165) is 17.9 Å². The van der Waals surface area contributed by atoms with E-state index >= 15 is 0 Å². The molecule has 14 heavy (non-hydrogen) atoms. The van der Waals surface area contributed by atoms with Crippen LogP contribution >= 0.6 is 0 Å². The third kappa shape index (κ3) is 7.97. The van der Waals surface area contributed by atoms with Crippen LogP contribution in [0.25, 0.3) is 0 Å². The molecule has 4 N–H and O–H groups in total. The summed E-state index contributed by atoms with van der Waals surface area (Å²) in [6.07, 6.45) is 1.94. The first-order valence-electron chi connectivity index (χ1n) is 4.94. The van der Waals surface area contributed by atoms with Gasteiger partial charge in [-0.15, -0.1) is 0 Å². The molecule has 0 aromatic rings. The summed E-state index contributed by atoms with van der Waals surface area (Å²) in [5, 5.41) is 18.2. The molecule has 0 saturated carbocycles. The zero-order chi connectivity index (χ0) is 11.6. The van der Waals surface area contributed by atoms with Crippen LogP contribution in [-0.2, 0) is 4.79 Å². The number of hydroxylamine groups is 2. The predicted octanol–water partition coefficient (Wildman–Crippen LogP) is 0.916. The van der Waals surface area contributed by atoms with E-state index in [4.69, 9.17) is 16.0 Å². The zero-order valence-corrected chi connectivity index (χ0v) is 9.23. The van der Waals surface area contributed by atoms with Crippen molar-refractivity contribution in [3.63, 3.8) is 0 Å². The fourth-order valence-corrected chi connectivity index (χ4v) is 0.952. The number of carbonyl (C=O) groups is 1. The second-order valence-electron chi connectivity index (χ2n) is 2.71. The van der Waals surface area contributed by atoms with Gasteiger partial charge < -0.3 is 16.0 Å². The van der Waals surface area contributed by atoms with E-state index in [2.05, 4.69) is 0 Å². The van der Waals surface area contributed by atoms with Gasteiger partial charge in [0.1, 0.15) is 6.04 Å². The molecule has 0 rings (SSSR count). The minimum Gasteiger partial charge on any atom is -0.480 e. The van der Waals surface area contributed by atoms with Crippen molar-refractivity contribution in [2.45, 2.75) is 39.2 Å². The van der Waals surface area contributed by atoms with Gasteiger partial charge in [0, 0.05) is 7.05 Å². The lowest BCUT2D eigenvalue weighted by Gasteiger charge is -2.17. The molecule has 1 atom stereocenters. The number of aliphatic carboxylic acids is 1. The third-order valence-corrected chi connectivity index (χ3v) is 1.67. The Balaban J connectivity index is 0. The normalized spacial score (nSPS) is 11.9. The quantitative estimate of drug-likeness (QED) is 0.444. The van der Waals surface area contributed by atoms with Crippen LogP contribution in [-0.4, -0.2) is 41.0 Å². The number of hydrogen-bond acceptors (Lipinski definition) is 4. The molecule has 0 aliphatic rings. The highest BCUT2D eigenvalue weighted by atomic mass is 16.5. The maximum atomic E-state index is 10.5. The minimum atomic E-state index is -1.00. The van der Waals surface area contributed by atoms with E-state index in [1.165, 1.54) is 7.05 Å². The van der Waals surface area contributed by atoms with E-state index in [1.807, 2.05) is 13.8 Å². The van der Waals surface area contributed by atoms with Crippen molar-refractivity contribution in [2.75, 3.05) is 13.6 Å². The van der Waals surface area contributed by atoms with Gasteiger partial charge in [-0.1, -0.05) is 13.8 Å². The summed E-state index contributed by atoms with van der Waals surface area (Å²) < 4.78 is 0. The highest BCUT2D eigenvalue weighted by molar-refractivity contribution is 5.73. The molecule has 1 unspecified atom stereocenters. The second-order valence-corrected chi connectivity index (χ2v) is 2.71. The fourth-order valence-electron chi connectivity index (χ4n) is 0.952. The lowest BCUT2D eigenvalue weighted by Crippen LogP contribution is -2.36. The first kappa shape index (κ1) is 15.8. The number of nitrogens with two attached hydrogens (primary N) is 1. The molecule has 0 bridgehead atoms. The number of likely N-dealkylation sites (N-methyl/N-ethyl adjacent to an activating group) is 1. The molecule has 0 saturated heterocycles. The highest BCUT2D eigenvalue weighted by Gasteiger charge is 2.20. The van der Waals surface area contributed by atoms with Gasteiger partial charge in [-0.2, -0.15) is 5.06 Å². The zero-order valence-electron chi connectivity index (χ0n) is 9.23. The summed E-state index contributed by atoms with van der Waals surface area (Å²) in [6, 6.07) is -0.809. The van der Waals surface area contributed by atoms with Gasteiger partial charge >= 0.3 is 5.97 Å². The average molecular weight is 206 g/mol. The van der Waals surface area contributed by atoms with Crippen molar-refractivity contribution in [1.82, 2.24) is 5.06 Å². The third-order valence-electron chi connectivity index (χ3n) is 1.67. The second kappa shape index (κ2) is 10.4. The summed E-state index contributed by atoms with van der Waals surface area (Å²) >= 11 is 0. The Labute approximate surface area is 85.5 Å². The Hall–Kier alpha value is -0.650. The van der Waals surface area contributed by atoms with E-state index in [1.54, 1.807) is 0 Å². The molecule has 0 aliphatic heterocycles. The standard InChI is InChI=1S/C7H16N2O3.C2H6/c1-9(12)6(7(10)11)4-2-3-5-8;1-2/h6,12H,2-5,8H2,1H3,(H,10,11);1-2H3. The summed E-state index contributed by atoms with van der Waals surface area (Å²) in [4.78, 5) is 10.5. The van der Waals surface area contributed by atoms with Gasteiger partial charge in [-0.05, 0) is 25.8 Å². The topological polar surface area (TPSA) is 86.8 Å². The van der Waals surface area contributed by atoms with Gasteiger partial charge in [-0.25, -0.2) is 0 Å². The minimum absolute atomic E-state index is 0.430. The number of hydrogen-bond donors (Lipinski definition) is 3. The Morgan fingerprint density at radius 3 is 2.21 bits per heavy atom. The SMILES string of the molecule is CC.CN(O)C(CCCCN)C(=O)O. The molecule has 5 nitrogen and oxygen atoms in total. The van der Waals surface area contributed by atoms with Crippen LogP contribution in [0.4, 0.5) is 0 Å². The van der Waals surface area contributed by atoms with Gasteiger partial charge in [0.2, 0.25) is 0 Å². The Morgan fingerprint density at radius 1 is 1.43 bits per heavy atom. The van der Waals surface area contributed by atoms with E-state index in [0.29, 0.717) is 13.0 Å². The van der Waals surface area contributed by atoms with Gasteiger partial charge in [0.15, 0.2) is 0 Å². The fraction of sp³-hybridized carbons (Fsp3) is 0.889. The van der Waals surface area contributed by atoms with Crippen molar-refractivity contribution in [1.29, 1.82) is 0 Å². The first-order valence-corrected chi connectivity index (χ1v) is 4.94. The summed E-state index contributed by atoms with van der Waals surface area (Å²) in [7, 11) is 1.33. The summed E-state index contributed by atoms with van der Waals surface area (Å²) in [6.45, 7) is 4.56. The molecule has 0 spiro atoms. The van der Waals surface area contributed by atoms with E-state index < -0.39 is 12.0 Å². The molecule has 0 amide bonds. The lowest BCUT2D eigenvalue weighted by molar-refractivity contribution is -0.163. The lowest BCUT2D eigenvalue weighted by atomic mass is 10.1. The van der Waals surface area contributed by atoms with E-state index in [9.17, 15) is 4.79 Å². The maximum Gasteiger partial charge on any atom is 0.323 e. The molecular weight excluding hydrogens is 184 g/mol. The Bertz CT molecular complexity index is 140. The van der Waals surface area contributed by atoms with E-state index in [-0.39, 0.29) is 0 Å². The monoisotopic (exact) mass is 206 g/mol. The largest absolute Gasteiger partial charge is 0.480 e. The smallest absolute Gasteiger partial charge is 0.323 e. The Kier molecular flexibility index (Phi) is 11.8. The van der Waals surface area contributed by atoms with Crippen LogP contribution in [0.2, 0.25) is 0 Å². The molecule has 86 valence electrons. The van der Waals surface area contributed by atoms with Crippen molar-refractivity contribution < 1.29 is 15.1 Å². The van der Waals surface area contributed by atoms with Crippen LogP contribution in [0.5, 0.6) is 0 Å². The highest BCUT2D eigenvalue weighted by Crippen LogP contribution is 2.04. The van der Waals surface area contributed by atoms with Gasteiger partial charge in [0.05, 0.1) is 0 Å². The number of nitrogens with zero attached hydrogens (tertiary/aromatic N) is 1. The van der Waals surface area contributed by atoms with Crippen LogP contribution < -0.4 is 5.73 Å². The van der Waals surface area contributed by atoms with Crippen molar-refractivity contribution in [2.24, 2.45) is 5.73 Å². The number of carboxylic acid groups (broad SMARTS) is 1. The van der Waals surface area contributed by atoms with Crippen LogP contribution in [0, 0.1) is 0 Å². The maximum absolute atomic E-state index is 10.5. The number of unbranched alkanes of at least 4 members (excludes halogenated alkanes) is 1. The molecule has 0 aromatic heterocycles. The van der Waals surface area contributed by atoms with Crippen LogP contribution in [0.1, 0.15) is 33.1 Å². The molecule has 0 aromatic carbocycles. The summed E-state index contributed by atoms with van der Waals surface area (Å²) in [5.41, 5.74) is 5.24. The molecule has 5 heteroatoms. The predicted molar refractivity (Wildman–Crippen MR) is 55.2 cm³/mol. The Morgan fingerprint density at radius 2 is 1.93 bits per heavy atom. The molecule has 0 fully saturated rings. The molecule has 0 heterocycles. The van der Waals surface area contributed by atoms with Crippen LogP contribution in [0.15, 0.2) is 0 Å². The number of carboxylic acids is 1. The van der Waals surface area contributed by atoms with Gasteiger partial charge in [-0.3, -0.25) is 4.79 Å². The average Bonchev–Trinajstić information content (AvgIpc) is 2.14. The molecule has 0 radical (unpaired) electrons. The van der Waals surface area contributed by atoms with Crippen molar-refractivity contribution in [3.05, 3.63) is 0 Å². The van der Waals surface area contributed by atoms with Gasteiger partial charge in [0.25, 0.3) is 0 Å². The summed E-state index contributed by atoms with van der Waals surface area (Å²) in [5.74, 6) is -1.00.